The molecule has 0 aliphatic rings. The van der Waals surface area contributed by atoms with Gasteiger partial charge in [0.05, 0.1) is 0 Å². The predicted octanol–water partition coefficient (Wildman–Crippen LogP) is 4.39. The van der Waals surface area contributed by atoms with Crippen LogP contribution in [0, 0.1) is 0 Å². The van der Waals surface area contributed by atoms with Gasteiger partial charge in [-0.1, -0.05) is 56.0 Å². The molecule has 0 aliphatic heterocycles. The first-order chi connectivity index (χ1) is 5.86. The summed E-state index contributed by atoms with van der Waals surface area (Å²) in [5, 5.41) is 0. The molecule has 0 spiro atoms. The van der Waals surface area contributed by atoms with Crippen LogP contribution in [0.4, 0.5) is 0 Å². The zero-order valence-electron chi connectivity index (χ0n) is 7.62. The Labute approximate surface area is 81.6 Å². The van der Waals surface area contributed by atoms with Crippen molar-refractivity contribution in [3.8, 4) is 0 Å². The highest BCUT2D eigenvalue weighted by Crippen LogP contribution is 2.07. The second kappa shape index (κ2) is 6.24. The first-order valence-corrected chi connectivity index (χ1v) is 4.22. The molecule has 0 nitrogen and oxygen atoms in total. The van der Waals surface area contributed by atoms with Crippen molar-refractivity contribution in [3.05, 3.63) is 47.5 Å². The molecule has 0 fully saturated rings. The zero-order chi connectivity index (χ0) is 8.81. The summed E-state index contributed by atoms with van der Waals surface area (Å²) in [4.78, 5) is 0. The van der Waals surface area contributed by atoms with E-state index in [0.29, 0.717) is 0 Å². The minimum absolute atomic E-state index is 0. The van der Waals surface area contributed by atoms with E-state index in [0.717, 1.165) is 0 Å². The van der Waals surface area contributed by atoms with Crippen molar-refractivity contribution in [2.24, 2.45) is 0 Å². The van der Waals surface area contributed by atoms with Crippen LogP contribution < -0.4 is 0 Å². The Morgan fingerprint density at radius 1 is 0.769 bits per heavy atom. The van der Waals surface area contributed by atoms with E-state index in [1.807, 2.05) is 26.0 Å². The van der Waals surface area contributed by atoms with E-state index < -0.39 is 0 Å². The van der Waals surface area contributed by atoms with Crippen LogP contribution in [0.2, 0.25) is 0 Å². The maximum atomic E-state index is 2.12. The fourth-order valence-electron chi connectivity index (χ4n) is 1.10. The lowest BCUT2D eigenvalue weighted by atomic mass is 10.1. The molecule has 0 bridgehead atoms. The summed E-state index contributed by atoms with van der Waals surface area (Å²) < 4.78 is 0. The van der Waals surface area contributed by atoms with Gasteiger partial charge in [0.2, 0.25) is 0 Å². The Kier molecular flexibility index (Phi) is 5.62. The third-order valence-corrected chi connectivity index (χ3v) is 1.65. The summed E-state index contributed by atoms with van der Waals surface area (Å²) in [5.41, 5.74) is 2.51. The Bertz CT molecular complexity index is 244. The van der Waals surface area contributed by atoms with E-state index in [9.17, 15) is 0 Å². The first-order valence-electron chi connectivity index (χ1n) is 4.22. The van der Waals surface area contributed by atoms with E-state index in [2.05, 4.69) is 36.4 Å². The lowest BCUT2D eigenvalue weighted by Crippen LogP contribution is -1.73. The van der Waals surface area contributed by atoms with Gasteiger partial charge in [-0.05, 0) is 25.0 Å². The van der Waals surface area contributed by atoms with Crippen molar-refractivity contribution < 1.29 is 0 Å². The third-order valence-electron chi connectivity index (χ3n) is 1.65. The molecule has 0 saturated carbocycles. The maximum absolute atomic E-state index is 2.12. The van der Waals surface area contributed by atoms with Gasteiger partial charge in [0, 0.05) is 0 Å². The molecule has 0 aromatic heterocycles. The molecule has 0 atom stereocenters. The van der Waals surface area contributed by atoms with Crippen LogP contribution in [0.25, 0.3) is 12.2 Å². The number of benzene rings is 1. The molecule has 0 amide bonds. The smallest absolute Gasteiger partial charge is 0.0260 e. The molecule has 13 heavy (non-hydrogen) atoms. The monoisotopic (exact) mass is 174 g/mol. The van der Waals surface area contributed by atoms with Crippen molar-refractivity contribution in [2.75, 3.05) is 0 Å². The molecule has 0 aliphatic carbocycles. The summed E-state index contributed by atoms with van der Waals surface area (Å²) in [7, 11) is 0. The summed E-state index contributed by atoms with van der Waals surface area (Å²) >= 11 is 0. The van der Waals surface area contributed by atoms with Gasteiger partial charge in [0.15, 0.2) is 0 Å². The molecular weight excluding hydrogens is 156 g/mol. The van der Waals surface area contributed by atoms with Crippen LogP contribution in [0.15, 0.2) is 36.4 Å². The molecule has 70 valence electrons. The number of allylic oxidation sites excluding steroid dienone is 2. The number of hydrogen-bond donors (Lipinski definition) is 0. The molecule has 0 unspecified atom stereocenters. The fourth-order valence-corrected chi connectivity index (χ4v) is 1.10. The Morgan fingerprint density at radius 3 is 1.31 bits per heavy atom. The van der Waals surface area contributed by atoms with Crippen LogP contribution >= 0.6 is 0 Å². The van der Waals surface area contributed by atoms with E-state index in [-0.39, 0.29) is 7.43 Å². The molecular formula is C13H18. The number of hydrogen-bond acceptors (Lipinski definition) is 0. The van der Waals surface area contributed by atoms with E-state index in [4.69, 9.17) is 0 Å². The lowest BCUT2D eigenvalue weighted by molar-refractivity contribution is 1.60. The molecule has 0 N–H and O–H groups in total. The average molecular weight is 174 g/mol. The van der Waals surface area contributed by atoms with E-state index in [1.165, 1.54) is 11.1 Å². The van der Waals surface area contributed by atoms with Gasteiger partial charge >= 0.3 is 0 Å². The Balaban J connectivity index is 0.00000144. The van der Waals surface area contributed by atoms with Gasteiger partial charge in [-0.15, -0.1) is 0 Å². The summed E-state index contributed by atoms with van der Waals surface area (Å²) in [6.07, 6.45) is 8.29. The Hall–Kier alpha value is -1.30. The summed E-state index contributed by atoms with van der Waals surface area (Å²) in [6, 6.07) is 8.48. The molecule has 0 heteroatoms. The van der Waals surface area contributed by atoms with Gasteiger partial charge in [-0.2, -0.15) is 0 Å². The molecule has 0 radical (unpaired) electrons. The largest absolute Gasteiger partial charge is 0.0871 e. The van der Waals surface area contributed by atoms with Gasteiger partial charge in [-0.3, -0.25) is 0 Å². The highest BCUT2D eigenvalue weighted by molar-refractivity contribution is 5.55. The summed E-state index contributed by atoms with van der Waals surface area (Å²) in [6.45, 7) is 4.06. The summed E-state index contributed by atoms with van der Waals surface area (Å²) in [5.74, 6) is 0. The zero-order valence-corrected chi connectivity index (χ0v) is 7.62. The van der Waals surface area contributed by atoms with Crippen LogP contribution in [0.1, 0.15) is 32.4 Å². The van der Waals surface area contributed by atoms with Crippen molar-refractivity contribution in [3.63, 3.8) is 0 Å². The molecule has 0 heterocycles. The quantitative estimate of drug-likeness (QED) is 0.623. The van der Waals surface area contributed by atoms with Crippen molar-refractivity contribution in [1.82, 2.24) is 0 Å². The van der Waals surface area contributed by atoms with Gasteiger partial charge < -0.3 is 0 Å². The van der Waals surface area contributed by atoms with Crippen LogP contribution in [0.3, 0.4) is 0 Å². The predicted molar refractivity (Wildman–Crippen MR) is 62.6 cm³/mol. The Morgan fingerprint density at radius 2 is 1.08 bits per heavy atom. The van der Waals surface area contributed by atoms with Crippen molar-refractivity contribution >= 4 is 12.2 Å². The minimum Gasteiger partial charge on any atom is -0.0871 e. The van der Waals surface area contributed by atoms with Gasteiger partial charge in [-0.25, -0.2) is 0 Å². The first kappa shape index (κ1) is 11.7. The number of rotatable bonds is 2. The standard InChI is InChI=1S/C12H14.CH4/c1-3-5-11-7-9-12(6-4-2)10-8-11;/h3-10H,1-2H3;1H4/b5-3+,6-4+;. The fraction of sp³-hybridized carbons (Fsp3) is 0.231. The maximum Gasteiger partial charge on any atom is -0.0260 e. The minimum atomic E-state index is 0. The van der Waals surface area contributed by atoms with Crippen LogP contribution in [-0.4, -0.2) is 0 Å². The second-order valence-corrected chi connectivity index (χ2v) is 2.67. The van der Waals surface area contributed by atoms with E-state index >= 15 is 0 Å². The molecule has 1 aromatic carbocycles. The SMILES string of the molecule is C.C/C=C/c1ccc(/C=C/C)cc1. The highest BCUT2D eigenvalue weighted by Gasteiger charge is 1.85. The van der Waals surface area contributed by atoms with Crippen LogP contribution in [0.5, 0.6) is 0 Å². The highest BCUT2D eigenvalue weighted by atomic mass is 13.9. The second-order valence-electron chi connectivity index (χ2n) is 2.67. The van der Waals surface area contributed by atoms with Gasteiger partial charge in [0.1, 0.15) is 0 Å². The molecule has 0 saturated heterocycles. The average Bonchev–Trinajstić information content (AvgIpc) is 2.09. The van der Waals surface area contributed by atoms with E-state index in [1.54, 1.807) is 0 Å². The lowest BCUT2D eigenvalue weighted by Gasteiger charge is -1.94. The van der Waals surface area contributed by atoms with Crippen LogP contribution in [-0.2, 0) is 0 Å². The van der Waals surface area contributed by atoms with Crippen molar-refractivity contribution in [2.45, 2.75) is 21.3 Å². The molecule has 1 aromatic rings. The third kappa shape index (κ3) is 3.75. The van der Waals surface area contributed by atoms with Crippen molar-refractivity contribution in [1.29, 1.82) is 0 Å². The normalized spacial score (nSPS) is 10.6. The topological polar surface area (TPSA) is 0 Å². The van der Waals surface area contributed by atoms with Gasteiger partial charge in [0.25, 0.3) is 0 Å². The molecule has 1 rings (SSSR count).